The van der Waals surface area contributed by atoms with Crippen molar-refractivity contribution in [2.75, 3.05) is 26.9 Å². The molecule has 1 N–H and O–H groups in total. The summed E-state index contributed by atoms with van der Waals surface area (Å²) in [5, 5.41) is 3.40. The third kappa shape index (κ3) is 6.03. The number of hydrogen-bond donors (Lipinski definition) is 1. The summed E-state index contributed by atoms with van der Waals surface area (Å²) >= 11 is 0. The van der Waals surface area contributed by atoms with Crippen LogP contribution in [0.15, 0.2) is 24.3 Å². The van der Waals surface area contributed by atoms with Gasteiger partial charge in [-0.25, -0.2) is 0 Å². The number of methoxy groups -OCH3 is 1. The van der Waals surface area contributed by atoms with Crippen LogP contribution in [0.2, 0.25) is 0 Å². The molecule has 0 bridgehead atoms. The zero-order valence-electron chi connectivity index (χ0n) is 11.7. The molecule has 0 aliphatic carbocycles. The van der Waals surface area contributed by atoms with E-state index < -0.39 is 0 Å². The summed E-state index contributed by atoms with van der Waals surface area (Å²) in [5.74, 6) is 0.933. The van der Waals surface area contributed by atoms with Gasteiger partial charge in [0.15, 0.2) is 0 Å². The minimum absolute atomic E-state index is 0.560. The lowest BCUT2D eigenvalue weighted by atomic mass is 10.1. The molecule has 0 amide bonds. The summed E-state index contributed by atoms with van der Waals surface area (Å²) < 4.78 is 10.7. The summed E-state index contributed by atoms with van der Waals surface area (Å²) in [6.45, 7) is 6.73. The van der Waals surface area contributed by atoms with E-state index >= 15 is 0 Å². The summed E-state index contributed by atoms with van der Waals surface area (Å²) in [7, 11) is 1.72. The maximum absolute atomic E-state index is 5.67. The van der Waals surface area contributed by atoms with Crippen LogP contribution < -0.4 is 10.1 Å². The van der Waals surface area contributed by atoms with Crippen LogP contribution in [0.3, 0.4) is 0 Å². The lowest BCUT2D eigenvalue weighted by molar-refractivity contribution is 0.202. The van der Waals surface area contributed by atoms with Gasteiger partial charge in [-0.05, 0) is 37.5 Å². The Hall–Kier alpha value is -1.06. The molecular formula is C15H25NO2. The number of rotatable bonds is 9. The smallest absolute Gasteiger partial charge is 0.119 e. The first-order chi connectivity index (χ1) is 8.76. The van der Waals surface area contributed by atoms with Crippen LogP contribution in [-0.2, 0) is 11.2 Å². The molecule has 1 aromatic carbocycles. The van der Waals surface area contributed by atoms with E-state index in [0.717, 1.165) is 31.7 Å². The Bertz CT molecular complexity index is 311. The Balaban J connectivity index is 2.22. The molecule has 1 unspecified atom stereocenters. The topological polar surface area (TPSA) is 30.5 Å². The highest BCUT2D eigenvalue weighted by molar-refractivity contribution is 5.27. The Morgan fingerprint density at radius 2 is 1.89 bits per heavy atom. The molecule has 0 aromatic heterocycles. The SMILES string of the molecule is CCC(C)NCCOc1ccc(CCOC)cc1. The average Bonchev–Trinajstić information content (AvgIpc) is 2.42. The predicted octanol–water partition coefficient (Wildman–Crippen LogP) is 2.64. The fourth-order valence-corrected chi connectivity index (χ4v) is 1.59. The van der Waals surface area contributed by atoms with Crippen LogP contribution in [0.4, 0.5) is 0 Å². The third-order valence-corrected chi connectivity index (χ3v) is 2.99. The van der Waals surface area contributed by atoms with E-state index in [4.69, 9.17) is 9.47 Å². The molecule has 0 saturated carbocycles. The van der Waals surface area contributed by atoms with Crippen LogP contribution in [0, 0.1) is 0 Å². The molecule has 0 aliphatic heterocycles. The van der Waals surface area contributed by atoms with Gasteiger partial charge in [-0.15, -0.1) is 0 Å². The Morgan fingerprint density at radius 1 is 1.17 bits per heavy atom. The van der Waals surface area contributed by atoms with Crippen molar-refractivity contribution in [3.8, 4) is 5.75 Å². The minimum Gasteiger partial charge on any atom is -0.492 e. The fraction of sp³-hybridized carbons (Fsp3) is 0.600. The van der Waals surface area contributed by atoms with E-state index in [1.54, 1.807) is 7.11 Å². The Morgan fingerprint density at radius 3 is 2.50 bits per heavy atom. The maximum Gasteiger partial charge on any atom is 0.119 e. The number of benzene rings is 1. The van der Waals surface area contributed by atoms with E-state index in [-0.39, 0.29) is 0 Å². The number of ether oxygens (including phenoxy) is 2. The highest BCUT2D eigenvalue weighted by Gasteiger charge is 1.98. The van der Waals surface area contributed by atoms with Crippen LogP contribution in [0.1, 0.15) is 25.8 Å². The quantitative estimate of drug-likeness (QED) is 0.684. The van der Waals surface area contributed by atoms with Crippen LogP contribution >= 0.6 is 0 Å². The van der Waals surface area contributed by atoms with Gasteiger partial charge in [-0.2, -0.15) is 0 Å². The molecule has 0 spiro atoms. The molecule has 0 saturated heterocycles. The molecular weight excluding hydrogens is 226 g/mol. The highest BCUT2D eigenvalue weighted by atomic mass is 16.5. The molecule has 1 atom stereocenters. The van der Waals surface area contributed by atoms with E-state index in [2.05, 4.69) is 31.3 Å². The summed E-state index contributed by atoms with van der Waals surface area (Å²) in [5.41, 5.74) is 1.28. The summed E-state index contributed by atoms with van der Waals surface area (Å²) in [4.78, 5) is 0. The normalized spacial score (nSPS) is 12.4. The Kier molecular flexibility index (Phi) is 7.46. The zero-order valence-corrected chi connectivity index (χ0v) is 11.7. The van der Waals surface area contributed by atoms with E-state index in [1.807, 2.05) is 12.1 Å². The predicted molar refractivity (Wildman–Crippen MR) is 75.3 cm³/mol. The van der Waals surface area contributed by atoms with Gasteiger partial charge < -0.3 is 14.8 Å². The second-order valence-electron chi connectivity index (χ2n) is 4.50. The highest BCUT2D eigenvalue weighted by Crippen LogP contribution is 2.12. The second kappa shape index (κ2) is 8.95. The average molecular weight is 251 g/mol. The molecule has 1 aromatic rings. The monoisotopic (exact) mass is 251 g/mol. The standard InChI is InChI=1S/C15H25NO2/c1-4-13(2)16-10-12-18-15-7-5-14(6-8-15)9-11-17-3/h5-8,13,16H,4,9-12H2,1-3H3. The molecule has 3 heteroatoms. The van der Waals surface area contributed by atoms with Crippen molar-refractivity contribution < 1.29 is 9.47 Å². The molecule has 0 radical (unpaired) electrons. The molecule has 0 aliphatic rings. The molecule has 0 fully saturated rings. The maximum atomic E-state index is 5.67. The van der Waals surface area contributed by atoms with Gasteiger partial charge in [0.1, 0.15) is 12.4 Å². The van der Waals surface area contributed by atoms with Crippen molar-refractivity contribution in [3.05, 3.63) is 29.8 Å². The van der Waals surface area contributed by atoms with Gasteiger partial charge in [-0.1, -0.05) is 19.1 Å². The number of hydrogen-bond acceptors (Lipinski definition) is 3. The van der Waals surface area contributed by atoms with E-state index in [9.17, 15) is 0 Å². The van der Waals surface area contributed by atoms with E-state index in [1.165, 1.54) is 5.56 Å². The molecule has 102 valence electrons. The largest absolute Gasteiger partial charge is 0.492 e. The van der Waals surface area contributed by atoms with Gasteiger partial charge >= 0.3 is 0 Å². The molecule has 1 rings (SSSR count). The van der Waals surface area contributed by atoms with Gasteiger partial charge in [0.25, 0.3) is 0 Å². The Labute approximate surface area is 110 Å². The first-order valence-electron chi connectivity index (χ1n) is 6.70. The zero-order chi connectivity index (χ0) is 13.2. The lowest BCUT2D eigenvalue weighted by Gasteiger charge is -2.12. The molecule has 0 heterocycles. The molecule has 3 nitrogen and oxygen atoms in total. The van der Waals surface area contributed by atoms with Crippen LogP contribution in [0.25, 0.3) is 0 Å². The first-order valence-corrected chi connectivity index (χ1v) is 6.70. The van der Waals surface area contributed by atoms with Gasteiger partial charge in [0.05, 0.1) is 6.61 Å². The van der Waals surface area contributed by atoms with Crippen molar-refractivity contribution in [1.82, 2.24) is 5.32 Å². The first kappa shape index (κ1) is 15.0. The molecule has 18 heavy (non-hydrogen) atoms. The van der Waals surface area contributed by atoms with Crippen LogP contribution in [-0.4, -0.2) is 32.9 Å². The fourth-order valence-electron chi connectivity index (χ4n) is 1.59. The van der Waals surface area contributed by atoms with Crippen molar-refractivity contribution in [2.45, 2.75) is 32.7 Å². The van der Waals surface area contributed by atoms with Crippen molar-refractivity contribution >= 4 is 0 Å². The van der Waals surface area contributed by atoms with Gasteiger partial charge in [0, 0.05) is 19.7 Å². The van der Waals surface area contributed by atoms with Gasteiger partial charge in [-0.3, -0.25) is 0 Å². The summed E-state index contributed by atoms with van der Waals surface area (Å²) in [6, 6.07) is 8.79. The minimum atomic E-state index is 0.560. The second-order valence-corrected chi connectivity index (χ2v) is 4.50. The van der Waals surface area contributed by atoms with Crippen molar-refractivity contribution in [1.29, 1.82) is 0 Å². The number of nitrogens with one attached hydrogen (secondary N) is 1. The van der Waals surface area contributed by atoms with E-state index in [0.29, 0.717) is 12.6 Å². The lowest BCUT2D eigenvalue weighted by Crippen LogP contribution is -2.29. The van der Waals surface area contributed by atoms with Crippen molar-refractivity contribution in [2.24, 2.45) is 0 Å². The van der Waals surface area contributed by atoms with Crippen molar-refractivity contribution in [3.63, 3.8) is 0 Å². The van der Waals surface area contributed by atoms with Crippen LogP contribution in [0.5, 0.6) is 5.75 Å². The van der Waals surface area contributed by atoms with Gasteiger partial charge in [0.2, 0.25) is 0 Å². The summed E-state index contributed by atoms with van der Waals surface area (Å²) in [6.07, 6.45) is 2.10. The third-order valence-electron chi connectivity index (χ3n) is 2.99.